The lowest BCUT2D eigenvalue weighted by molar-refractivity contribution is -0.120. The number of fused-ring (bicyclic) bond motifs is 1. The molecule has 1 aliphatic rings. The van der Waals surface area contributed by atoms with E-state index in [0.717, 1.165) is 0 Å². The number of carbonyl (C=O) groups is 2. The SMILES string of the molecule is CCC(NC1C=NC(C(N)=O)=C(Nc2cc(F)c3ncccc3c2)N1)C(N)=O. The van der Waals surface area contributed by atoms with E-state index in [0.29, 0.717) is 17.5 Å². The van der Waals surface area contributed by atoms with E-state index in [9.17, 15) is 14.0 Å². The zero-order valence-electron chi connectivity index (χ0n) is 15.1. The van der Waals surface area contributed by atoms with E-state index >= 15 is 0 Å². The Balaban J connectivity index is 1.88. The molecule has 10 heteroatoms. The number of benzene rings is 1. The van der Waals surface area contributed by atoms with Crippen LogP contribution >= 0.6 is 0 Å². The number of aliphatic imine (C=N–C) groups is 1. The molecule has 2 atom stereocenters. The summed E-state index contributed by atoms with van der Waals surface area (Å²) >= 11 is 0. The van der Waals surface area contributed by atoms with Gasteiger partial charge in [0.05, 0.1) is 6.04 Å². The molecule has 0 aliphatic carbocycles. The van der Waals surface area contributed by atoms with E-state index in [-0.39, 0.29) is 17.0 Å². The van der Waals surface area contributed by atoms with Crippen molar-refractivity contribution in [1.82, 2.24) is 15.6 Å². The molecular formula is C18H20FN7O2. The first-order chi connectivity index (χ1) is 13.4. The summed E-state index contributed by atoms with van der Waals surface area (Å²) in [5, 5.41) is 9.47. The Morgan fingerprint density at radius 3 is 2.82 bits per heavy atom. The maximum Gasteiger partial charge on any atom is 0.271 e. The van der Waals surface area contributed by atoms with E-state index in [2.05, 4.69) is 25.9 Å². The van der Waals surface area contributed by atoms with Gasteiger partial charge in [-0.05, 0) is 24.6 Å². The summed E-state index contributed by atoms with van der Waals surface area (Å²) in [5.74, 6) is -1.62. The molecule has 2 unspecified atom stereocenters. The summed E-state index contributed by atoms with van der Waals surface area (Å²) in [6.45, 7) is 1.80. The van der Waals surface area contributed by atoms with Crippen molar-refractivity contribution in [1.29, 1.82) is 0 Å². The number of carbonyl (C=O) groups excluding carboxylic acids is 2. The highest BCUT2D eigenvalue weighted by Crippen LogP contribution is 2.23. The Morgan fingerprint density at radius 2 is 2.14 bits per heavy atom. The molecule has 1 aliphatic heterocycles. The Hall–Kier alpha value is -3.53. The normalized spacial score (nSPS) is 17.3. The van der Waals surface area contributed by atoms with Gasteiger partial charge in [-0.1, -0.05) is 13.0 Å². The fourth-order valence-electron chi connectivity index (χ4n) is 2.82. The number of hydrogen-bond donors (Lipinski definition) is 5. The number of amides is 2. The Morgan fingerprint density at radius 1 is 1.36 bits per heavy atom. The summed E-state index contributed by atoms with van der Waals surface area (Å²) in [5.41, 5.74) is 11.3. The fraction of sp³-hybridized carbons (Fsp3) is 0.222. The van der Waals surface area contributed by atoms with Gasteiger partial charge < -0.3 is 22.1 Å². The lowest BCUT2D eigenvalue weighted by Crippen LogP contribution is -2.54. The van der Waals surface area contributed by atoms with E-state index in [4.69, 9.17) is 11.5 Å². The summed E-state index contributed by atoms with van der Waals surface area (Å²) < 4.78 is 14.3. The van der Waals surface area contributed by atoms with Gasteiger partial charge >= 0.3 is 0 Å². The topological polar surface area (TPSA) is 148 Å². The van der Waals surface area contributed by atoms with Crippen molar-refractivity contribution in [3.05, 3.63) is 47.8 Å². The van der Waals surface area contributed by atoms with Gasteiger partial charge in [0, 0.05) is 23.5 Å². The molecule has 0 radical (unpaired) electrons. The largest absolute Gasteiger partial charge is 0.368 e. The van der Waals surface area contributed by atoms with Crippen molar-refractivity contribution in [2.45, 2.75) is 25.6 Å². The third-order valence-corrected chi connectivity index (χ3v) is 4.18. The number of nitrogens with two attached hydrogens (primary N) is 2. The number of halogens is 1. The number of rotatable bonds is 7. The molecular weight excluding hydrogens is 365 g/mol. The summed E-state index contributed by atoms with van der Waals surface area (Å²) in [6, 6.07) is 5.75. The highest BCUT2D eigenvalue weighted by molar-refractivity contribution is 5.96. The summed E-state index contributed by atoms with van der Waals surface area (Å²) in [7, 11) is 0. The monoisotopic (exact) mass is 385 g/mol. The maximum absolute atomic E-state index is 14.3. The fourth-order valence-corrected chi connectivity index (χ4v) is 2.82. The molecule has 3 rings (SSSR count). The van der Waals surface area contributed by atoms with Crippen LogP contribution in [0.15, 0.2) is 47.0 Å². The minimum Gasteiger partial charge on any atom is -0.368 e. The first kappa shape index (κ1) is 19.2. The lowest BCUT2D eigenvalue weighted by atomic mass is 10.2. The van der Waals surface area contributed by atoms with Gasteiger partial charge in [-0.3, -0.25) is 19.9 Å². The quantitative estimate of drug-likeness (QED) is 0.463. The third-order valence-electron chi connectivity index (χ3n) is 4.18. The predicted molar refractivity (Wildman–Crippen MR) is 103 cm³/mol. The van der Waals surface area contributed by atoms with Crippen LogP contribution in [0.2, 0.25) is 0 Å². The molecule has 2 heterocycles. The molecule has 0 saturated heterocycles. The van der Waals surface area contributed by atoms with Crippen molar-refractivity contribution in [2.24, 2.45) is 16.5 Å². The first-order valence-electron chi connectivity index (χ1n) is 8.60. The zero-order valence-corrected chi connectivity index (χ0v) is 15.1. The van der Waals surface area contributed by atoms with Gasteiger partial charge in [-0.15, -0.1) is 0 Å². The first-order valence-corrected chi connectivity index (χ1v) is 8.60. The van der Waals surface area contributed by atoms with Crippen molar-refractivity contribution in [3.63, 3.8) is 0 Å². The maximum atomic E-state index is 14.3. The van der Waals surface area contributed by atoms with E-state index in [1.54, 1.807) is 25.1 Å². The number of hydrogen-bond acceptors (Lipinski definition) is 7. The van der Waals surface area contributed by atoms with Crippen LogP contribution < -0.4 is 27.4 Å². The number of primary amides is 2. The van der Waals surface area contributed by atoms with Crippen molar-refractivity contribution in [2.75, 3.05) is 5.32 Å². The molecule has 2 aromatic rings. The van der Waals surface area contributed by atoms with E-state index < -0.39 is 29.8 Å². The number of nitrogens with one attached hydrogen (secondary N) is 3. The van der Waals surface area contributed by atoms with Crippen molar-refractivity contribution in [3.8, 4) is 0 Å². The van der Waals surface area contributed by atoms with Crippen LogP contribution in [-0.2, 0) is 9.59 Å². The Labute approximate surface area is 160 Å². The van der Waals surface area contributed by atoms with Crippen LogP contribution in [0.25, 0.3) is 10.9 Å². The highest BCUT2D eigenvalue weighted by atomic mass is 19.1. The van der Waals surface area contributed by atoms with E-state index in [1.807, 2.05) is 0 Å². The molecule has 0 fully saturated rings. The molecule has 0 bridgehead atoms. The van der Waals surface area contributed by atoms with Crippen LogP contribution in [-0.4, -0.2) is 35.2 Å². The van der Waals surface area contributed by atoms with Crippen molar-refractivity contribution < 1.29 is 14.0 Å². The third kappa shape index (κ3) is 4.07. The Kier molecular flexibility index (Phi) is 5.50. The lowest BCUT2D eigenvalue weighted by Gasteiger charge is -2.27. The number of aromatic nitrogens is 1. The summed E-state index contributed by atoms with van der Waals surface area (Å²) in [4.78, 5) is 31.2. The van der Waals surface area contributed by atoms with Crippen LogP contribution in [0.3, 0.4) is 0 Å². The standard InChI is InChI=1S/C18H20FN7O2/c1-2-12(16(20)27)25-13-8-23-15(17(21)28)18(26-13)24-10-6-9-4-3-5-22-14(9)11(19)7-10/h3-8,12-13,24-26H,2H2,1H3,(H2,20,27)(H2,21,28). The Bertz CT molecular complexity index is 989. The molecule has 28 heavy (non-hydrogen) atoms. The molecule has 7 N–H and O–H groups in total. The molecule has 9 nitrogen and oxygen atoms in total. The molecule has 0 spiro atoms. The van der Waals surface area contributed by atoms with Crippen LogP contribution in [0.5, 0.6) is 0 Å². The van der Waals surface area contributed by atoms with Gasteiger partial charge in [0.25, 0.3) is 5.91 Å². The smallest absolute Gasteiger partial charge is 0.271 e. The van der Waals surface area contributed by atoms with Gasteiger partial charge in [-0.25, -0.2) is 9.38 Å². The van der Waals surface area contributed by atoms with Gasteiger partial charge in [0.2, 0.25) is 5.91 Å². The number of pyridine rings is 1. The van der Waals surface area contributed by atoms with E-state index in [1.165, 1.54) is 18.5 Å². The molecule has 1 aromatic heterocycles. The van der Waals surface area contributed by atoms with Crippen molar-refractivity contribution >= 4 is 34.6 Å². The molecule has 0 saturated carbocycles. The number of nitrogens with zero attached hydrogens (tertiary/aromatic N) is 2. The second kappa shape index (κ2) is 8.01. The van der Waals surface area contributed by atoms with Crippen LogP contribution in [0, 0.1) is 5.82 Å². The van der Waals surface area contributed by atoms with Crippen LogP contribution in [0.4, 0.5) is 10.1 Å². The number of anilines is 1. The second-order valence-corrected chi connectivity index (χ2v) is 6.18. The second-order valence-electron chi connectivity index (χ2n) is 6.18. The molecule has 2 amide bonds. The average molecular weight is 385 g/mol. The van der Waals surface area contributed by atoms with Gasteiger partial charge in [0.15, 0.2) is 11.5 Å². The molecule has 1 aromatic carbocycles. The minimum atomic E-state index is -0.769. The van der Waals surface area contributed by atoms with Gasteiger partial charge in [-0.2, -0.15) is 0 Å². The minimum absolute atomic E-state index is 0.0585. The predicted octanol–water partition coefficient (Wildman–Crippen LogP) is 0.294. The zero-order chi connectivity index (χ0) is 20.3. The molecule has 146 valence electrons. The highest BCUT2D eigenvalue weighted by Gasteiger charge is 2.24. The summed E-state index contributed by atoms with van der Waals surface area (Å²) in [6.07, 6.45) is 2.79. The van der Waals surface area contributed by atoms with Crippen LogP contribution in [0.1, 0.15) is 13.3 Å². The average Bonchev–Trinajstić information content (AvgIpc) is 2.66. The van der Waals surface area contributed by atoms with Gasteiger partial charge in [0.1, 0.15) is 17.5 Å².